The molecule has 5 nitrogen and oxygen atoms in total. The van der Waals surface area contributed by atoms with Gasteiger partial charge in [-0.05, 0) is 50.1 Å². The molecule has 0 saturated carbocycles. The minimum absolute atomic E-state index is 0.354. The van der Waals surface area contributed by atoms with Crippen LogP contribution < -0.4 is 0 Å². The van der Waals surface area contributed by atoms with E-state index < -0.39 is 6.10 Å². The van der Waals surface area contributed by atoms with Gasteiger partial charge in [-0.2, -0.15) is 0 Å². The molecule has 0 aliphatic carbocycles. The van der Waals surface area contributed by atoms with E-state index in [0.717, 1.165) is 40.3 Å². The van der Waals surface area contributed by atoms with E-state index in [1.807, 2.05) is 43.6 Å². The summed E-state index contributed by atoms with van der Waals surface area (Å²) in [6.45, 7) is 6.23. The molecule has 0 bridgehead atoms. The second-order valence-corrected chi connectivity index (χ2v) is 7.91. The number of aryl methyl sites for hydroxylation is 1. The Morgan fingerprint density at radius 1 is 1.14 bits per heavy atom. The van der Waals surface area contributed by atoms with Gasteiger partial charge in [-0.15, -0.1) is 0 Å². The van der Waals surface area contributed by atoms with E-state index in [0.29, 0.717) is 11.5 Å². The average Bonchev–Trinajstić information content (AvgIpc) is 2.71. The lowest BCUT2D eigenvalue weighted by molar-refractivity contribution is 0.0329. The van der Waals surface area contributed by atoms with E-state index in [9.17, 15) is 4.79 Å². The lowest BCUT2D eigenvalue weighted by Gasteiger charge is -2.16. The minimum Gasteiger partial charge on any atom is -0.453 e. The van der Waals surface area contributed by atoms with Crippen molar-refractivity contribution in [1.82, 2.24) is 15.0 Å². The highest BCUT2D eigenvalue weighted by molar-refractivity contribution is 7.98. The lowest BCUT2D eigenvalue weighted by Crippen LogP contribution is -2.12. The van der Waals surface area contributed by atoms with Crippen LogP contribution in [-0.2, 0) is 11.2 Å². The summed E-state index contributed by atoms with van der Waals surface area (Å²) < 4.78 is 5.65. The number of rotatable bonds is 7. The number of hydrogen-bond donors (Lipinski definition) is 0. The molecule has 28 heavy (non-hydrogen) atoms. The predicted octanol–water partition coefficient (Wildman–Crippen LogP) is 5.25. The molecule has 0 fully saturated rings. The first-order valence-electron chi connectivity index (χ1n) is 9.44. The monoisotopic (exact) mass is 395 g/mol. The maximum atomic E-state index is 12.4. The summed E-state index contributed by atoms with van der Waals surface area (Å²) in [5, 5.41) is 1.65. The number of esters is 1. The largest absolute Gasteiger partial charge is 0.453 e. The Kier molecular flexibility index (Phi) is 6.62. The summed E-state index contributed by atoms with van der Waals surface area (Å²) in [6, 6.07) is 10.9. The van der Waals surface area contributed by atoms with Crippen molar-refractivity contribution in [3.63, 3.8) is 0 Å². The van der Waals surface area contributed by atoms with Crippen LogP contribution in [0.5, 0.6) is 0 Å². The van der Waals surface area contributed by atoms with E-state index in [1.165, 1.54) is 11.8 Å². The molecule has 0 spiro atoms. The molecule has 0 saturated heterocycles. The molecule has 0 amide bonds. The van der Waals surface area contributed by atoms with Crippen LogP contribution in [0.1, 0.15) is 55.0 Å². The van der Waals surface area contributed by atoms with Gasteiger partial charge in [0, 0.05) is 11.6 Å². The summed E-state index contributed by atoms with van der Waals surface area (Å²) >= 11 is 1.51. The van der Waals surface area contributed by atoms with Crippen molar-refractivity contribution in [3.8, 4) is 0 Å². The fraction of sp³-hybridized carbons (Fsp3) is 0.364. The fourth-order valence-electron chi connectivity index (χ4n) is 2.88. The van der Waals surface area contributed by atoms with Gasteiger partial charge in [-0.25, -0.2) is 14.8 Å². The highest BCUT2D eigenvalue weighted by Crippen LogP contribution is 2.25. The number of thioether (sulfide) groups is 1. The van der Waals surface area contributed by atoms with Crippen molar-refractivity contribution < 1.29 is 9.53 Å². The fourth-order valence-corrected chi connectivity index (χ4v) is 3.22. The van der Waals surface area contributed by atoms with E-state index in [-0.39, 0.29) is 5.97 Å². The second-order valence-electron chi connectivity index (χ2n) is 7.13. The summed E-state index contributed by atoms with van der Waals surface area (Å²) in [7, 11) is 0. The first-order chi connectivity index (χ1) is 13.5. The average molecular weight is 396 g/mol. The third-order valence-corrected chi connectivity index (χ3v) is 5.05. The highest BCUT2D eigenvalue weighted by atomic mass is 32.2. The number of benzene rings is 1. The van der Waals surface area contributed by atoms with Crippen LogP contribution in [0.2, 0.25) is 0 Å². The first kappa shape index (κ1) is 20.3. The molecule has 146 valence electrons. The summed E-state index contributed by atoms with van der Waals surface area (Å²) in [5.41, 5.74) is 3.06. The smallest absolute Gasteiger partial charge is 0.338 e. The number of carbonyl (C=O) groups is 1. The topological polar surface area (TPSA) is 65.0 Å². The van der Waals surface area contributed by atoms with Gasteiger partial charge in [0.25, 0.3) is 0 Å². The molecular weight excluding hydrogens is 370 g/mol. The maximum Gasteiger partial charge on any atom is 0.338 e. The van der Waals surface area contributed by atoms with Crippen LogP contribution in [0.25, 0.3) is 10.9 Å². The molecule has 1 aromatic carbocycles. The Hall–Kier alpha value is -2.47. The standard InChI is InChI=1S/C22H25N3O2S/c1-14(2)10-11-18-20-17(13-23-22(25-20)28-4)12-19(24-18)15(3)27-21(26)16-8-6-5-7-9-16/h5-9,12-15H,10-11H2,1-4H3/t15-/m1/s1. The van der Waals surface area contributed by atoms with Gasteiger partial charge in [-0.1, -0.05) is 43.8 Å². The number of nitrogens with zero attached hydrogens (tertiary/aromatic N) is 3. The van der Waals surface area contributed by atoms with Gasteiger partial charge in [0.2, 0.25) is 0 Å². The highest BCUT2D eigenvalue weighted by Gasteiger charge is 2.18. The van der Waals surface area contributed by atoms with Crippen molar-refractivity contribution in [2.24, 2.45) is 5.92 Å². The SMILES string of the molecule is CSc1ncc2cc([C@@H](C)OC(=O)c3ccccc3)nc(CCC(C)C)c2n1. The predicted molar refractivity (Wildman–Crippen MR) is 113 cm³/mol. The Morgan fingerprint density at radius 3 is 2.57 bits per heavy atom. The lowest BCUT2D eigenvalue weighted by atomic mass is 10.0. The zero-order valence-electron chi connectivity index (χ0n) is 16.7. The number of hydrogen-bond acceptors (Lipinski definition) is 6. The second kappa shape index (κ2) is 9.15. The molecule has 0 aliphatic rings. The Bertz CT molecular complexity index is 961. The summed E-state index contributed by atoms with van der Waals surface area (Å²) in [6.07, 6.45) is 5.16. The zero-order chi connectivity index (χ0) is 20.1. The Balaban J connectivity index is 1.92. The van der Waals surface area contributed by atoms with Crippen LogP contribution in [0, 0.1) is 5.92 Å². The minimum atomic E-state index is -0.463. The van der Waals surface area contributed by atoms with Crippen LogP contribution >= 0.6 is 11.8 Å². The zero-order valence-corrected chi connectivity index (χ0v) is 17.5. The van der Waals surface area contributed by atoms with Crippen LogP contribution in [0.15, 0.2) is 47.8 Å². The number of carbonyl (C=O) groups excluding carboxylic acids is 1. The van der Waals surface area contributed by atoms with Crippen molar-refractivity contribution in [2.45, 2.75) is 44.9 Å². The van der Waals surface area contributed by atoms with Crippen LogP contribution in [0.4, 0.5) is 0 Å². The van der Waals surface area contributed by atoms with E-state index in [2.05, 4.69) is 23.8 Å². The van der Waals surface area contributed by atoms with Crippen LogP contribution in [0.3, 0.4) is 0 Å². The maximum absolute atomic E-state index is 12.4. The first-order valence-corrected chi connectivity index (χ1v) is 10.7. The van der Waals surface area contributed by atoms with Gasteiger partial charge >= 0.3 is 5.97 Å². The number of pyridine rings is 1. The molecule has 3 aromatic rings. The van der Waals surface area contributed by atoms with Crippen molar-refractivity contribution in [2.75, 3.05) is 6.26 Å². The number of ether oxygens (including phenoxy) is 1. The quantitative estimate of drug-likeness (QED) is 0.309. The van der Waals surface area contributed by atoms with E-state index in [4.69, 9.17) is 9.72 Å². The van der Waals surface area contributed by atoms with Gasteiger partial charge in [-0.3, -0.25) is 4.98 Å². The third-order valence-electron chi connectivity index (χ3n) is 4.49. The van der Waals surface area contributed by atoms with Gasteiger partial charge in [0.05, 0.1) is 22.5 Å². The molecule has 3 rings (SSSR count). The number of fused-ring (bicyclic) bond motifs is 1. The van der Waals surface area contributed by atoms with Crippen LogP contribution in [-0.4, -0.2) is 27.2 Å². The molecule has 0 radical (unpaired) electrons. The van der Waals surface area contributed by atoms with Gasteiger partial charge in [0.15, 0.2) is 5.16 Å². The van der Waals surface area contributed by atoms with E-state index in [1.54, 1.807) is 12.1 Å². The van der Waals surface area contributed by atoms with E-state index >= 15 is 0 Å². The molecule has 0 unspecified atom stereocenters. The Morgan fingerprint density at radius 2 is 1.89 bits per heavy atom. The molecule has 6 heteroatoms. The molecule has 0 N–H and O–H groups in total. The van der Waals surface area contributed by atoms with Crippen molar-refractivity contribution >= 4 is 28.6 Å². The molecule has 0 aliphatic heterocycles. The normalized spacial score (nSPS) is 12.3. The third kappa shape index (κ3) is 4.87. The number of aromatic nitrogens is 3. The molecule has 2 heterocycles. The van der Waals surface area contributed by atoms with Gasteiger partial charge in [0.1, 0.15) is 6.10 Å². The summed E-state index contributed by atoms with van der Waals surface area (Å²) in [5.74, 6) is 0.211. The van der Waals surface area contributed by atoms with Crippen molar-refractivity contribution in [1.29, 1.82) is 0 Å². The molecule has 1 atom stereocenters. The molecule has 2 aromatic heterocycles. The van der Waals surface area contributed by atoms with Crippen molar-refractivity contribution in [3.05, 3.63) is 59.5 Å². The van der Waals surface area contributed by atoms with Gasteiger partial charge < -0.3 is 4.74 Å². The molecular formula is C22H25N3O2S. The Labute approximate surface area is 170 Å². The summed E-state index contributed by atoms with van der Waals surface area (Å²) in [4.78, 5) is 26.3.